The van der Waals surface area contributed by atoms with Crippen LogP contribution in [0.5, 0.6) is 0 Å². The number of hydrogen-bond acceptors (Lipinski definition) is 3. The van der Waals surface area contributed by atoms with Crippen molar-refractivity contribution in [1.29, 1.82) is 0 Å². The van der Waals surface area contributed by atoms with Crippen molar-refractivity contribution < 1.29 is 14.7 Å². The molecular formula is C19H26N2O3. The van der Waals surface area contributed by atoms with Gasteiger partial charge in [-0.25, -0.2) is 0 Å². The standard InChI is InChI=1S/C19H26N2O3/c1-12-7-8-14(11-13(12)2)21-10-9-15(19(21)24)18(23)20-16-5-3-4-6-17(16)22/h7-8,11,15-17,22H,3-6,9-10H2,1-2H3,(H,20,23). The first-order valence-electron chi connectivity index (χ1n) is 8.84. The first kappa shape index (κ1) is 17.0. The molecule has 130 valence electrons. The lowest BCUT2D eigenvalue weighted by atomic mass is 9.92. The molecule has 3 atom stereocenters. The van der Waals surface area contributed by atoms with E-state index in [4.69, 9.17) is 0 Å². The third-order valence-corrected chi connectivity index (χ3v) is 5.38. The quantitative estimate of drug-likeness (QED) is 0.834. The lowest BCUT2D eigenvalue weighted by Gasteiger charge is -2.29. The minimum atomic E-state index is -0.638. The fourth-order valence-corrected chi connectivity index (χ4v) is 3.64. The molecule has 2 amide bonds. The molecule has 1 saturated heterocycles. The summed E-state index contributed by atoms with van der Waals surface area (Å²) in [5.74, 6) is -1.01. The molecule has 2 fully saturated rings. The van der Waals surface area contributed by atoms with Crippen LogP contribution in [0.15, 0.2) is 18.2 Å². The van der Waals surface area contributed by atoms with Crippen molar-refractivity contribution >= 4 is 17.5 Å². The number of hydrogen-bond donors (Lipinski definition) is 2. The number of amides is 2. The number of nitrogens with one attached hydrogen (secondary N) is 1. The molecule has 2 N–H and O–H groups in total. The van der Waals surface area contributed by atoms with Crippen LogP contribution in [-0.4, -0.2) is 35.6 Å². The molecule has 1 aliphatic heterocycles. The van der Waals surface area contributed by atoms with Gasteiger partial charge in [-0.1, -0.05) is 18.9 Å². The van der Waals surface area contributed by atoms with Crippen molar-refractivity contribution in [2.45, 2.75) is 58.1 Å². The van der Waals surface area contributed by atoms with Crippen LogP contribution in [0.4, 0.5) is 5.69 Å². The van der Waals surface area contributed by atoms with Crippen LogP contribution in [0.25, 0.3) is 0 Å². The van der Waals surface area contributed by atoms with Crippen LogP contribution in [0, 0.1) is 19.8 Å². The Morgan fingerprint density at radius 2 is 1.92 bits per heavy atom. The third-order valence-electron chi connectivity index (χ3n) is 5.38. The Bertz CT molecular complexity index is 643. The zero-order valence-corrected chi connectivity index (χ0v) is 14.4. The SMILES string of the molecule is Cc1ccc(N2CCC(C(=O)NC3CCCCC3O)C2=O)cc1C. The number of aliphatic hydroxyl groups is 1. The average Bonchev–Trinajstić information content (AvgIpc) is 2.94. The number of benzene rings is 1. The Labute approximate surface area is 143 Å². The summed E-state index contributed by atoms with van der Waals surface area (Å²) in [5, 5.41) is 12.9. The second-order valence-corrected chi connectivity index (χ2v) is 7.07. The summed E-state index contributed by atoms with van der Waals surface area (Å²) in [4.78, 5) is 26.9. The molecule has 1 heterocycles. The molecule has 1 aliphatic carbocycles. The van der Waals surface area contributed by atoms with Gasteiger partial charge in [0.25, 0.3) is 0 Å². The molecule has 5 heteroatoms. The third kappa shape index (κ3) is 3.31. The fraction of sp³-hybridized carbons (Fsp3) is 0.579. The zero-order chi connectivity index (χ0) is 17.3. The molecule has 3 rings (SSSR count). The van der Waals surface area contributed by atoms with Gasteiger partial charge in [-0.3, -0.25) is 9.59 Å². The first-order valence-corrected chi connectivity index (χ1v) is 8.84. The highest BCUT2D eigenvalue weighted by Gasteiger charge is 2.39. The number of anilines is 1. The van der Waals surface area contributed by atoms with Crippen molar-refractivity contribution in [3.8, 4) is 0 Å². The Morgan fingerprint density at radius 1 is 1.17 bits per heavy atom. The molecule has 0 radical (unpaired) electrons. The summed E-state index contributed by atoms with van der Waals surface area (Å²) in [7, 11) is 0. The first-order chi connectivity index (χ1) is 11.5. The number of carbonyl (C=O) groups excluding carboxylic acids is 2. The molecule has 0 aromatic heterocycles. The molecule has 5 nitrogen and oxygen atoms in total. The molecule has 24 heavy (non-hydrogen) atoms. The largest absolute Gasteiger partial charge is 0.391 e. The van der Waals surface area contributed by atoms with E-state index >= 15 is 0 Å². The van der Waals surface area contributed by atoms with E-state index in [-0.39, 0.29) is 17.9 Å². The van der Waals surface area contributed by atoms with E-state index in [0.717, 1.165) is 36.9 Å². The summed E-state index contributed by atoms with van der Waals surface area (Å²) in [6.07, 6.45) is 3.55. The normalized spacial score (nSPS) is 27.4. The second-order valence-electron chi connectivity index (χ2n) is 7.07. The van der Waals surface area contributed by atoms with Gasteiger partial charge < -0.3 is 15.3 Å². The van der Waals surface area contributed by atoms with Crippen molar-refractivity contribution in [3.63, 3.8) is 0 Å². The van der Waals surface area contributed by atoms with Gasteiger partial charge in [-0.2, -0.15) is 0 Å². The highest BCUT2D eigenvalue weighted by molar-refractivity contribution is 6.09. The summed E-state index contributed by atoms with van der Waals surface area (Å²) in [6, 6.07) is 5.72. The summed E-state index contributed by atoms with van der Waals surface area (Å²) >= 11 is 0. The van der Waals surface area contributed by atoms with Gasteiger partial charge in [-0.05, 0) is 56.4 Å². The number of carbonyl (C=O) groups is 2. The van der Waals surface area contributed by atoms with Gasteiger partial charge in [0.1, 0.15) is 5.92 Å². The van der Waals surface area contributed by atoms with Gasteiger partial charge in [0, 0.05) is 12.2 Å². The molecule has 1 aromatic rings. The van der Waals surface area contributed by atoms with Crippen LogP contribution in [0.3, 0.4) is 0 Å². The van der Waals surface area contributed by atoms with E-state index in [9.17, 15) is 14.7 Å². The molecule has 1 aromatic carbocycles. The Balaban J connectivity index is 1.66. The van der Waals surface area contributed by atoms with Crippen LogP contribution in [0.2, 0.25) is 0 Å². The lowest BCUT2D eigenvalue weighted by Crippen LogP contribution is -2.48. The molecule has 1 saturated carbocycles. The molecule has 0 spiro atoms. The van der Waals surface area contributed by atoms with E-state index < -0.39 is 12.0 Å². The van der Waals surface area contributed by atoms with Crippen LogP contribution >= 0.6 is 0 Å². The van der Waals surface area contributed by atoms with Crippen LogP contribution in [-0.2, 0) is 9.59 Å². The maximum atomic E-state index is 12.7. The van der Waals surface area contributed by atoms with Gasteiger partial charge in [0.2, 0.25) is 11.8 Å². The number of aryl methyl sites for hydroxylation is 2. The fourth-order valence-electron chi connectivity index (χ4n) is 3.64. The van der Waals surface area contributed by atoms with Crippen LogP contribution < -0.4 is 10.2 Å². The van der Waals surface area contributed by atoms with Gasteiger partial charge in [0.05, 0.1) is 12.1 Å². The Hall–Kier alpha value is -1.88. The number of rotatable bonds is 3. The van der Waals surface area contributed by atoms with E-state index in [1.165, 1.54) is 5.56 Å². The topological polar surface area (TPSA) is 69.6 Å². The monoisotopic (exact) mass is 330 g/mol. The smallest absolute Gasteiger partial charge is 0.239 e. The Morgan fingerprint density at radius 3 is 2.62 bits per heavy atom. The average molecular weight is 330 g/mol. The van der Waals surface area contributed by atoms with Crippen LogP contribution in [0.1, 0.15) is 43.2 Å². The Kier molecular flexibility index (Phi) is 4.90. The summed E-state index contributed by atoms with van der Waals surface area (Å²) in [5.41, 5.74) is 3.18. The second kappa shape index (κ2) is 6.93. The van der Waals surface area contributed by atoms with E-state index in [1.54, 1.807) is 4.90 Å². The summed E-state index contributed by atoms with van der Waals surface area (Å²) < 4.78 is 0. The van der Waals surface area contributed by atoms with E-state index in [2.05, 4.69) is 5.32 Å². The van der Waals surface area contributed by atoms with Gasteiger partial charge in [-0.15, -0.1) is 0 Å². The molecule has 2 aliphatic rings. The predicted molar refractivity (Wildman–Crippen MR) is 92.8 cm³/mol. The van der Waals surface area contributed by atoms with Crippen molar-refractivity contribution in [2.24, 2.45) is 5.92 Å². The van der Waals surface area contributed by atoms with Gasteiger partial charge >= 0.3 is 0 Å². The maximum absolute atomic E-state index is 12.7. The zero-order valence-electron chi connectivity index (χ0n) is 14.4. The molecular weight excluding hydrogens is 304 g/mol. The van der Waals surface area contributed by atoms with Crippen molar-refractivity contribution in [1.82, 2.24) is 5.32 Å². The van der Waals surface area contributed by atoms with Crippen molar-refractivity contribution in [3.05, 3.63) is 29.3 Å². The minimum absolute atomic E-state index is 0.138. The number of aliphatic hydroxyl groups excluding tert-OH is 1. The number of nitrogens with zero attached hydrogens (tertiary/aromatic N) is 1. The predicted octanol–water partition coefficient (Wildman–Crippen LogP) is 2.08. The lowest BCUT2D eigenvalue weighted by molar-refractivity contribution is -0.133. The molecule has 3 unspecified atom stereocenters. The highest BCUT2D eigenvalue weighted by Crippen LogP contribution is 2.27. The summed E-state index contributed by atoms with van der Waals surface area (Å²) in [6.45, 7) is 4.62. The highest BCUT2D eigenvalue weighted by atomic mass is 16.3. The van der Waals surface area contributed by atoms with E-state index in [0.29, 0.717) is 13.0 Å². The van der Waals surface area contributed by atoms with Crippen molar-refractivity contribution in [2.75, 3.05) is 11.4 Å². The maximum Gasteiger partial charge on any atom is 0.239 e. The van der Waals surface area contributed by atoms with E-state index in [1.807, 2.05) is 32.0 Å². The van der Waals surface area contributed by atoms with Gasteiger partial charge in [0.15, 0.2) is 0 Å². The molecule has 0 bridgehead atoms. The minimum Gasteiger partial charge on any atom is -0.391 e.